The van der Waals surface area contributed by atoms with Crippen molar-refractivity contribution in [3.63, 3.8) is 0 Å². The van der Waals surface area contributed by atoms with Gasteiger partial charge in [0.05, 0.1) is 0 Å². The van der Waals surface area contributed by atoms with Crippen LogP contribution in [0.2, 0.25) is 0 Å². The monoisotopic (exact) mass is 163 g/mol. The Morgan fingerprint density at radius 3 is 2.58 bits per heavy atom. The van der Waals surface area contributed by atoms with E-state index in [2.05, 4.69) is 5.48 Å². The van der Waals surface area contributed by atoms with Crippen LogP contribution in [0.4, 0.5) is 0 Å². The van der Waals surface area contributed by atoms with E-state index in [1.165, 1.54) is 0 Å². The number of benzene rings is 1. The average Bonchev–Trinajstić information content (AvgIpc) is 2.16. The maximum atomic E-state index is 8.51. The molecule has 0 fully saturated rings. The van der Waals surface area contributed by atoms with Gasteiger partial charge in [-0.25, -0.2) is 0 Å². The van der Waals surface area contributed by atoms with E-state index in [0.29, 0.717) is 0 Å². The highest BCUT2D eigenvalue weighted by Crippen LogP contribution is 2.01. The molecule has 0 aliphatic heterocycles. The molecule has 0 amide bonds. The van der Waals surface area contributed by atoms with Crippen molar-refractivity contribution >= 4 is 6.08 Å². The van der Waals surface area contributed by atoms with Gasteiger partial charge >= 0.3 is 0 Å². The van der Waals surface area contributed by atoms with E-state index < -0.39 is 0 Å². The summed E-state index contributed by atoms with van der Waals surface area (Å²) in [6.07, 6.45) is 3.86. The van der Waals surface area contributed by atoms with Crippen LogP contribution in [-0.2, 0) is 0 Å². The van der Waals surface area contributed by atoms with Crippen molar-refractivity contribution in [3.05, 3.63) is 42.0 Å². The van der Waals surface area contributed by atoms with Gasteiger partial charge in [0, 0.05) is 6.04 Å². The molecule has 1 aromatic carbocycles. The van der Waals surface area contributed by atoms with Crippen molar-refractivity contribution in [2.75, 3.05) is 0 Å². The molecule has 0 aliphatic carbocycles. The van der Waals surface area contributed by atoms with Crippen LogP contribution in [0.1, 0.15) is 12.5 Å². The second-order valence-electron chi connectivity index (χ2n) is 2.69. The topological polar surface area (TPSA) is 32.3 Å². The molecule has 2 heteroatoms. The highest BCUT2D eigenvalue weighted by atomic mass is 16.5. The molecule has 0 radical (unpaired) electrons. The molecule has 1 unspecified atom stereocenters. The van der Waals surface area contributed by atoms with Crippen LogP contribution in [0, 0.1) is 0 Å². The number of hydroxylamine groups is 1. The normalized spacial score (nSPS) is 13.5. The van der Waals surface area contributed by atoms with Crippen LogP contribution < -0.4 is 5.48 Å². The Balaban J connectivity index is 2.58. The van der Waals surface area contributed by atoms with Crippen molar-refractivity contribution in [1.82, 2.24) is 5.48 Å². The number of rotatable bonds is 3. The summed E-state index contributed by atoms with van der Waals surface area (Å²) in [6.45, 7) is 1.87. The van der Waals surface area contributed by atoms with Crippen LogP contribution in [0.3, 0.4) is 0 Å². The minimum atomic E-state index is -0.00907. The van der Waals surface area contributed by atoms with E-state index in [9.17, 15) is 0 Å². The van der Waals surface area contributed by atoms with Gasteiger partial charge in [-0.05, 0) is 12.5 Å². The van der Waals surface area contributed by atoms with Gasteiger partial charge in [-0.2, -0.15) is 5.48 Å². The maximum absolute atomic E-state index is 8.51. The predicted molar refractivity (Wildman–Crippen MR) is 49.9 cm³/mol. The molecule has 0 saturated carbocycles. The van der Waals surface area contributed by atoms with Gasteiger partial charge in [0.15, 0.2) is 0 Å². The largest absolute Gasteiger partial charge is 0.316 e. The molecular formula is C10H13NO. The van der Waals surface area contributed by atoms with Crippen LogP contribution in [-0.4, -0.2) is 11.2 Å². The predicted octanol–water partition coefficient (Wildman–Crippen LogP) is 2.07. The Hall–Kier alpha value is -1.12. The van der Waals surface area contributed by atoms with E-state index in [0.717, 1.165) is 5.56 Å². The molecule has 0 saturated heterocycles. The standard InChI is InChI=1S/C10H13NO/c1-9(11-12)7-8-10-5-3-2-4-6-10/h2-9,11-12H,1H3/b8-7+. The zero-order valence-corrected chi connectivity index (χ0v) is 7.07. The fourth-order valence-electron chi connectivity index (χ4n) is 0.863. The molecule has 0 aromatic heterocycles. The van der Waals surface area contributed by atoms with Gasteiger partial charge in [-0.1, -0.05) is 42.5 Å². The van der Waals surface area contributed by atoms with Crippen LogP contribution in [0.5, 0.6) is 0 Å². The summed E-state index contributed by atoms with van der Waals surface area (Å²) in [5.74, 6) is 0. The van der Waals surface area contributed by atoms with Crippen molar-refractivity contribution < 1.29 is 5.21 Å². The molecule has 2 nitrogen and oxygen atoms in total. The molecule has 0 spiro atoms. The third-order valence-corrected chi connectivity index (χ3v) is 1.58. The lowest BCUT2D eigenvalue weighted by molar-refractivity contribution is 0.150. The lowest BCUT2D eigenvalue weighted by atomic mass is 10.2. The molecular weight excluding hydrogens is 150 g/mol. The number of nitrogens with one attached hydrogen (secondary N) is 1. The Labute approximate surface area is 72.5 Å². The highest BCUT2D eigenvalue weighted by molar-refractivity contribution is 5.49. The molecule has 1 aromatic rings. The van der Waals surface area contributed by atoms with E-state index in [1.807, 2.05) is 49.4 Å². The summed E-state index contributed by atoms with van der Waals surface area (Å²) in [5.41, 5.74) is 3.29. The van der Waals surface area contributed by atoms with Gasteiger partial charge in [0.2, 0.25) is 0 Å². The van der Waals surface area contributed by atoms with Gasteiger partial charge in [0.1, 0.15) is 0 Å². The van der Waals surface area contributed by atoms with Crippen molar-refractivity contribution in [2.24, 2.45) is 0 Å². The molecule has 1 atom stereocenters. The minimum Gasteiger partial charge on any atom is -0.316 e. The highest BCUT2D eigenvalue weighted by Gasteiger charge is 1.89. The van der Waals surface area contributed by atoms with Crippen LogP contribution in [0.25, 0.3) is 6.08 Å². The van der Waals surface area contributed by atoms with Crippen LogP contribution in [0.15, 0.2) is 36.4 Å². The molecule has 0 bridgehead atoms. The number of hydrogen-bond donors (Lipinski definition) is 2. The summed E-state index contributed by atoms with van der Waals surface area (Å²) < 4.78 is 0. The number of hydrogen-bond acceptors (Lipinski definition) is 2. The Morgan fingerprint density at radius 1 is 1.33 bits per heavy atom. The molecule has 64 valence electrons. The van der Waals surface area contributed by atoms with E-state index in [4.69, 9.17) is 5.21 Å². The first-order valence-electron chi connectivity index (χ1n) is 3.96. The lowest BCUT2D eigenvalue weighted by Gasteiger charge is -2.00. The van der Waals surface area contributed by atoms with Gasteiger partial charge < -0.3 is 5.21 Å². The SMILES string of the molecule is CC(/C=C/c1ccccc1)NO. The first-order valence-corrected chi connectivity index (χ1v) is 3.96. The average molecular weight is 163 g/mol. The summed E-state index contributed by atoms with van der Waals surface area (Å²) in [6, 6.07) is 9.96. The zero-order valence-electron chi connectivity index (χ0n) is 7.07. The van der Waals surface area contributed by atoms with Crippen molar-refractivity contribution in [3.8, 4) is 0 Å². The molecule has 12 heavy (non-hydrogen) atoms. The van der Waals surface area contributed by atoms with Gasteiger partial charge in [-0.3, -0.25) is 0 Å². The van der Waals surface area contributed by atoms with E-state index in [-0.39, 0.29) is 6.04 Å². The Morgan fingerprint density at radius 2 is 2.00 bits per heavy atom. The smallest absolute Gasteiger partial charge is 0.0474 e. The summed E-state index contributed by atoms with van der Waals surface area (Å²) >= 11 is 0. The zero-order chi connectivity index (χ0) is 8.81. The fraction of sp³-hybridized carbons (Fsp3) is 0.200. The quantitative estimate of drug-likeness (QED) is 0.668. The molecule has 1 rings (SSSR count). The van der Waals surface area contributed by atoms with Gasteiger partial charge in [-0.15, -0.1) is 0 Å². The van der Waals surface area contributed by atoms with Crippen molar-refractivity contribution in [1.29, 1.82) is 0 Å². The first kappa shape index (κ1) is 8.97. The molecule has 0 heterocycles. The Bertz CT molecular complexity index is 243. The van der Waals surface area contributed by atoms with Crippen LogP contribution >= 0.6 is 0 Å². The molecule has 0 aliphatic rings. The van der Waals surface area contributed by atoms with E-state index >= 15 is 0 Å². The third-order valence-electron chi connectivity index (χ3n) is 1.58. The Kier molecular flexibility index (Phi) is 3.51. The maximum Gasteiger partial charge on any atom is 0.0474 e. The fourth-order valence-corrected chi connectivity index (χ4v) is 0.863. The van der Waals surface area contributed by atoms with Gasteiger partial charge in [0.25, 0.3) is 0 Å². The lowest BCUT2D eigenvalue weighted by Crippen LogP contribution is -2.18. The van der Waals surface area contributed by atoms with E-state index in [1.54, 1.807) is 0 Å². The minimum absolute atomic E-state index is 0.00907. The summed E-state index contributed by atoms with van der Waals surface area (Å²) in [5, 5.41) is 8.51. The molecule has 2 N–H and O–H groups in total. The first-order chi connectivity index (χ1) is 5.83. The second kappa shape index (κ2) is 4.70. The third kappa shape index (κ3) is 2.86. The van der Waals surface area contributed by atoms with Crippen molar-refractivity contribution in [2.45, 2.75) is 13.0 Å². The summed E-state index contributed by atoms with van der Waals surface area (Å²) in [4.78, 5) is 0. The summed E-state index contributed by atoms with van der Waals surface area (Å²) in [7, 11) is 0. The second-order valence-corrected chi connectivity index (χ2v) is 2.69.